The summed E-state index contributed by atoms with van der Waals surface area (Å²) in [6, 6.07) is -0.329. The van der Waals surface area contributed by atoms with Crippen LogP contribution in [0.3, 0.4) is 0 Å². The first-order valence-corrected chi connectivity index (χ1v) is 21.0. The van der Waals surface area contributed by atoms with Gasteiger partial charge in [0.25, 0.3) is 0 Å². The van der Waals surface area contributed by atoms with E-state index in [1.165, 1.54) is 4.90 Å². The summed E-state index contributed by atoms with van der Waals surface area (Å²) in [5.41, 5.74) is 6.78. The lowest BCUT2D eigenvalue weighted by Crippen LogP contribution is -2.61. The molecule has 19 nitrogen and oxygen atoms in total. The van der Waals surface area contributed by atoms with Gasteiger partial charge in [0.2, 0.25) is 53.2 Å². The third-order valence-corrected chi connectivity index (χ3v) is 12.3. The Hall–Kier alpha value is -5.66. The number of carbonyl (C=O) groups excluding carboxylic acids is 9. The second-order valence-corrected chi connectivity index (χ2v) is 16.4. The van der Waals surface area contributed by atoms with Crippen molar-refractivity contribution >= 4 is 75.8 Å². The van der Waals surface area contributed by atoms with Crippen LogP contribution in [0.5, 0.6) is 0 Å². The highest BCUT2D eigenvalue weighted by atomic mass is 32.2. The fraction of sp³-hybridized carbons (Fsp3) is 0.564. The molecule has 0 saturated carbocycles. The molecule has 3 aliphatic rings. The number of carbonyl (C=O) groups is 9. The Morgan fingerprint density at radius 3 is 2.10 bits per heavy atom. The third-order valence-electron chi connectivity index (χ3n) is 11.2. The predicted molar refractivity (Wildman–Crippen MR) is 216 cm³/mol. The molecule has 1 saturated heterocycles. The molecular weight excluding hydrogens is 785 g/mol. The normalized spacial score (nSPS) is 26.8. The number of nitrogens with one attached hydrogen (secondary N) is 8. The number of benzene rings is 1. The largest absolute Gasteiger partial charge is 0.370 e. The Kier molecular flexibility index (Phi) is 15.0. The number of primary amides is 1. The number of rotatable bonds is 6. The van der Waals surface area contributed by atoms with E-state index in [0.717, 1.165) is 11.8 Å². The fourth-order valence-corrected chi connectivity index (χ4v) is 8.51. The van der Waals surface area contributed by atoms with E-state index >= 15 is 0 Å². The van der Waals surface area contributed by atoms with Crippen LogP contribution in [0, 0.1) is 11.8 Å². The van der Waals surface area contributed by atoms with Crippen LogP contribution < -0.4 is 43.0 Å². The molecule has 0 spiro atoms. The Labute approximate surface area is 345 Å². The second-order valence-electron chi connectivity index (χ2n) is 15.3. The summed E-state index contributed by atoms with van der Waals surface area (Å²) in [6.07, 6.45) is 0.811. The molecule has 5 rings (SSSR count). The van der Waals surface area contributed by atoms with E-state index in [1.807, 2.05) is 19.9 Å². The quantitative estimate of drug-likeness (QED) is 0.161. The van der Waals surface area contributed by atoms with Crippen molar-refractivity contribution < 1.29 is 43.2 Å². The summed E-state index contributed by atoms with van der Waals surface area (Å²) >= 11 is 1.12. The summed E-state index contributed by atoms with van der Waals surface area (Å²) in [7, 11) is 0. The average molecular weight is 839 g/mol. The van der Waals surface area contributed by atoms with Crippen LogP contribution in [-0.2, 0) is 49.6 Å². The number of fused-ring (bicyclic) bond motifs is 5. The van der Waals surface area contributed by atoms with Gasteiger partial charge in [-0.15, -0.1) is 11.8 Å². The highest BCUT2D eigenvalue weighted by molar-refractivity contribution is 7.99. The van der Waals surface area contributed by atoms with Crippen LogP contribution in [0.25, 0.3) is 10.9 Å². The Bertz CT molecular complexity index is 1970. The van der Waals surface area contributed by atoms with Gasteiger partial charge in [-0.25, -0.2) is 0 Å². The number of aromatic amines is 1. The van der Waals surface area contributed by atoms with E-state index in [2.05, 4.69) is 42.2 Å². The van der Waals surface area contributed by atoms with E-state index in [-0.39, 0.29) is 25.1 Å². The summed E-state index contributed by atoms with van der Waals surface area (Å²) in [5, 5.41) is 19.7. The zero-order chi connectivity index (χ0) is 43.0. The van der Waals surface area contributed by atoms with E-state index in [1.54, 1.807) is 32.0 Å². The molecule has 0 aliphatic carbocycles. The molecule has 3 aliphatic heterocycles. The van der Waals surface area contributed by atoms with Gasteiger partial charge in [0.05, 0.1) is 24.5 Å². The standard InChI is InChI=1S/C39H54N10O9S/c1-5-19(3)31-36(56)42-16-29(51)43-26-18-59-38-22(21-10-7-8-11-23(21)46-38)14-24(33(53)41-17-30(52)47-31)44-37(57)32(20(4)6-2)48-35(55)27-12-9-13-49(27)39(58)25(15-28(40)50)45-34(26)54/h7-8,10-11,19-20,24-27,31-32,46H,5-6,9,12-18H2,1-4H3,(H2,40,50)(H,41,53)(H,42,56)(H,43,51)(H,44,57)(H,45,54)(H,47,52)(H,48,55)/t19-,20-,24-,25-,26-,27-,31-,32-/m0/s1. The molecular formula is C39H54N10O9S. The predicted octanol–water partition coefficient (Wildman–Crippen LogP) is -1.56. The maximum absolute atomic E-state index is 14.3. The fourth-order valence-electron chi connectivity index (χ4n) is 7.39. The first-order chi connectivity index (χ1) is 28.1. The minimum absolute atomic E-state index is 0.106. The monoisotopic (exact) mass is 838 g/mol. The number of para-hydroxylation sites is 1. The van der Waals surface area contributed by atoms with Crippen LogP contribution in [0.2, 0.25) is 0 Å². The molecule has 8 atom stereocenters. The molecule has 1 fully saturated rings. The summed E-state index contributed by atoms with van der Waals surface area (Å²) < 4.78 is 0. The van der Waals surface area contributed by atoms with Gasteiger partial charge in [0, 0.05) is 29.6 Å². The smallest absolute Gasteiger partial charge is 0.246 e. The van der Waals surface area contributed by atoms with Crippen molar-refractivity contribution in [2.45, 2.75) is 107 Å². The van der Waals surface area contributed by atoms with Crippen molar-refractivity contribution in [3.05, 3.63) is 29.8 Å². The molecule has 320 valence electrons. The Balaban J connectivity index is 1.66. The molecule has 9 amide bonds. The molecule has 0 unspecified atom stereocenters. The second kappa shape index (κ2) is 19.9. The van der Waals surface area contributed by atoms with Crippen molar-refractivity contribution in [1.29, 1.82) is 0 Å². The molecule has 10 N–H and O–H groups in total. The molecule has 0 radical (unpaired) electrons. The first kappa shape index (κ1) is 44.4. The van der Waals surface area contributed by atoms with E-state index in [4.69, 9.17) is 5.73 Å². The van der Waals surface area contributed by atoms with Gasteiger partial charge in [-0.1, -0.05) is 58.7 Å². The lowest BCUT2D eigenvalue weighted by atomic mass is 9.96. The van der Waals surface area contributed by atoms with Crippen LogP contribution in [0.1, 0.15) is 65.4 Å². The number of amides is 9. The number of nitrogens with zero attached hydrogens (tertiary/aromatic N) is 1. The van der Waals surface area contributed by atoms with Crippen LogP contribution in [0.4, 0.5) is 0 Å². The zero-order valence-electron chi connectivity index (χ0n) is 33.6. The van der Waals surface area contributed by atoms with Gasteiger partial charge in [-0.2, -0.15) is 0 Å². The average Bonchev–Trinajstić information content (AvgIpc) is 3.84. The molecule has 59 heavy (non-hydrogen) atoms. The number of hydrogen-bond donors (Lipinski definition) is 9. The van der Waals surface area contributed by atoms with Gasteiger partial charge >= 0.3 is 0 Å². The third kappa shape index (κ3) is 10.9. The number of aromatic nitrogens is 1. The van der Waals surface area contributed by atoms with E-state index < -0.39 is 121 Å². The number of H-pyrrole nitrogens is 1. The highest BCUT2D eigenvalue weighted by Crippen LogP contribution is 2.32. The zero-order valence-corrected chi connectivity index (χ0v) is 34.4. The minimum Gasteiger partial charge on any atom is -0.370 e. The molecule has 2 aromatic rings. The molecule has 1 aromatic carbocycles. The minimum atomic E-state index is -1.52. The summed E-state index contributed by atoms with van der Waals surface area (Å²) in [6.45, 7) is 6.10. The van der Waals surface area contributed by atoms with E-state index in [9.17, 15) is 43.2 Å². The molecule has 4 heterocycles. The molecule has 2 bridgehead atoms. The first-order valence-electron chi connectivity index (χ1n) is 20.0. The molecule has 1 aromatic heterocycles. The van der Waals surface area contributed by atoms with Crippen molar-refractivity contribution in [2.75, 3.05) is 25.4 Å². The number of nitrogens with two attached hydrogens (primary N) is 1. The highest BCUT2D eigenvalue weighted by Gasteiger charge is 2.41. The van der Waals surface area contributed by atoms with Gasteiger partial charge < -0.3 is 52.8 Å². The SMILES string of the molecule is CC[C@H](C)[C@@H]1NC(=O)CNC(=O)[C@@H]2Cc3c([nH]c4ccccc34)SC[C@H](NC(=O)CNC1=O)C(=O)N[C@@H](CC(N)=O)C(=O)N1CCC[C@H]1C(=O)N[C@@H]([C@@H](C)CC)C(=O)N2. The van der Waals surface area contributed by atoms with Gasteiger partial charge in [-0.3, -0.25) is 43.2 Å². The van der Waals surface area contributed by atoms with Gasteiger partial charge in [0.15, 0.2) is 0 Å². The van der Waals surface area contributed by atoms with E-state index in [0.29, 0.717) is 40.8 Å². The molecule has 20 heteroatoms. The van der Waals surface area contributed by atoms with Crippen LogP contribution in [-0.4, -0.2) is 125 Å². The lowest BCUT2D eigenvalue weighted by Gasteiger charge is -2.32. The van der Waals surface area contributed by atoms with Gasteiger partial charge in [0.1, 0.15) is 36.3 Å². The number of thioether (sulfide) groups is 1. The van der Waals surface area contributed by atoms with Crippen molar-refractivity contribution in [3.8, 4) is 0 Å². The Morgan fingerprint density at radius 1 is 0.780 bits per heavy atom. The lowest BCUT2D eigenvalue weighted by molar-refractivity contribution is -0.143. The summed E-state index contributed by atoms with van der Waals surface area (Å²) in [5.74, 6) is -7.70. The van der Waals surface area contributed by atoms with Crippen molar-refractivity contribution in [3.63, 3.8) is 0 Å². The Morgan fingerprint density at radius 2 is 1.42 bits per heavy atom. The van der Waals surface area contributed by atoms with Gasteiger partial charge in [-0.05, 0) is 36.3 Å². The summed E-state index contributed by atoms with van der Waals surface area (Å²) in [4.78, 5) is 128. The van der Waals surface area contributed by atoms with Crippen LogP contribution in [0.15, 0.2) is 29.3 Å². The maximum Gasteiger partial charge on any atom is 0.246 e. The topological polar surface area (TPSA) is 283 Å². The van der Waals surface area contributed by atoms with Crippen molar-refractivity contribution in [1.82, 2.24) is 47.1 Å². The number of hydrogen-bond acceptors (Lipinski definition) is 10. The van der Waals surface area contributed by atoms with Crippen LogP contribution >= 0.6 is 11.8 Å². The maximum atomic E-state index is 14.3. The van der Waals surface area contributed by atoms with Crippen molar-refractivity contribution in [2.24, 2.45) is 17.6 Å².